The van der Waals surface area contributed by atoms with E-state index < -0.39 is 0 Å². The average Bonchev–Trinajstić information content (AvgIpc) is 3.26. The maximum atomic E-state index is 5.39. The number of nitrogens with zero attached hydrogens (tertiary/aromatic N) is 5. The number of anilines is 1. The average molecular weight is 414 g/mol. The minimum atomic E-state index is 0.357. The second-order valence-electron chi connectivity index (χ2n) is 7.87. The number of likely N-dealkylation sites (N-methyl/N-ethyl adjacent to an activating group) is 1. The molecule has 164 valence electrons. The van der Waals surface area contributed by atoms with E-state index in [9.17, 15) is 0 Å². The van der Waals surface area contributed by atoms with Gasteiger partial charge >= 0.3 is 0 Å². The quantitative estimate of drug-likeness (QED) is 0.508. The Labute approximate surface area is 179 Å². The van der Waals surface area contributed by atoms with Gasteiger partial charge in [0.2, 0.25) is 0 Å². The molecule has 30 heavy (non-hydrogen) atoms. The normalized spacial score (nSPS) is 15.6. The third-order valence-electron chi connectivity index (χ3n) is 5.32. The van der Waals surface area contributed by atoms with E-state index in [1.807, 2.05) is 12.3 Å². The van der Waals surface area contributed by atoms with Crippen molar-refractivity contribution in [1.29, 1.82) is 0 Å². The van der Waals surface area contributed by atoms with Crippen molar-refractivity contribution in [2.45, 2.75) is 46.7 Å². The monoisotopic (exact) mass is 413 g/mol. The number of pyridine rings is 1. The second kappa shape index (κ2) is 11.0. The number of aromatic nitrogens is 2. The van der Waals surface area contributed by atoms with E-state index in [2.05, 4.69) is 75.4 Å². The molecule has 1 saturated heterocycles. The topological polar surface area (TPSA) is 81.8 Å². The van der Waals surface area contributed by atoms with Crippen LogP contribution in [0.2, 0.25) is 0 Å². The second-order valence-corrected chi connectivity index (χ2v) is 7.87. The van der Waals surface area contributed by atoms with Crippen LogP contribution in [0.4, 0.5) is 5.82 Å². The molecule has 0 atom stereocenters. The fraction of sp³-hybridized carbons (Fsp3) is 0.591. The molecule has 1 fully saturated rings. The van der Waals surface area contributed by atoms with Crippen LogP contribution in [0.15, 0.2) is 33.9 Å². The molecule has 8 heteroatoms. The summed E-state index contributed by atoms with van der Waals surface area (Å²) in [6.45, 7) is 15.8. The van der Waals surface area contributed by atoms with Gasteiger partial charge in [-0.05, 0) is 31.0 Å². The van der Waals surface area contributed by atoms with Crippen molar-refractivity contribution < 1.29 is 4.52 Å². The Bertz CT molecular complexity index is 792. The largest absolute Gasteiger partial charge is 0.359 e. The highest BCUT2D eigenvalue weighted by Gasteiger charge is 2.16. The van der Waals surface area contributed by atoms with Crippen molar-refractivity contribution in [2.75, 3.05) is 44.2 Å². The number of hydrogen-bond acceptors (Lipinski definition) is 6. The van der Waals surface area contributed by atoms with E-state index in [0.29, 0.717) is 19.0 Å². The number of hydrogen-bond donors (Lipinski definition) is 2. The Hall–Kier alpha value is -2.61. The van der Waals surface area contributed by atoms with Gasteiger partial charge in [-0.2, -0.15) is 0 Å². The van der Waals surface area contributed by atoms with Gasteiger partial charge in [0.25, 0.3) is 0 Å². The molecule has 0 saturated carbocycles. The van der Waals surface area contributed by atoms with Gasteiger partial charge in [-0.3, -0.25) is 0 Å². The highest BCUT2D eigenvalue weighted by atomic mass is 16.5. The van der Waals surface area contributed by atoms with E-state index in [1.165, 1.54) is 0 Å². The SMILES string of the molecule is CCNC(=NCc1ccc(N2CCN(CC)CC2)nc1)NCc1cc(C(C)C)no1. The van der Waals surface area contributed by atoms with Crippen molar-refractivity contribution in [2.24, 2.45) is 4.99 Å². The van der Waals surface area contributed by atoms with Crippen LogP contribution >= 0.6 is 0 Å². The van der Waals surface area contributed by atoms with Crippen LogP contribution in [0.5, 0.6) is 0 Å². The Morgan fingerprint density at radius 3 is 2.57 bits per heavy atom. The van der Waals surface area contributed by atoms with Gasteiger partial charge in [0.05, 0.1) is 18.8 Å². The summed E-state index contributed by atoms with van der Waals surface area (Å²) in [5.74, 6) is 2.96. The summed E-state index contributed by atoms with van der Waals surface area (Å²) in [4.78, 5) is 14.2. The van der Waals surface area contributed by atoms with Crippen molar-refractivity contribution >= 4 is 11.8 Å². The summed E-state index contributed by atoms with van der Waals surface area (Å²) >= 11 is 0. The summed E-state index contributed by atoms with van der Waals surface area (Å²) in [7, 11) is 0. The first-order valence-corrected chi connectivity index (χ1v) is 11.0. The number of piperazine rings is 1. The zero-order chi connectivity index (χ0) is 21.3. The maximum absolute atomic E-state index is 5.39. The molecule has 1 aliphatic heterocycles. The highest BCUT2D eigenvalue weighted by molar-refractivity contribution is 5.79. The van der Waals surface area contributed by atoms with E-state index in [0.717, 1.165) is 68.1 Å². The summed E-state index contributed by atoms with van der Waals surface area (Å²) in [5.41, 5.74) is 2.06. The van der Waals surface area contributed by atoms with Gasteiger partial charge in [0, 0.05) is 45.0 Å². The molecule has 0 spiro atoms. The smallest absolute Gasteiger partial charge is 0.191 e. The fourth-order valence-electron chi connectivity index (χ4n) is 3.36. The van der Waals surface area contributed by atoms with Crippen LogP contribution in [-0.4, -0.2) is 60.3 Å². The van der Waals surface area contributed by atoms with Crippen LogP contribution in [0.1, 0.15) is 50.6 Å². The van der Waals surface area contributed by atoms with Gasteiger partial charge in [-0.25, -0.2) is 9.98 Å². The molecule has 2 aromatic heterocycles. The summed E-state index contributed by atoms with van der Waals surface area (Å²) in [6.07, 6.45) is 1.93. The van der Waals surface area contributed by atoms with Crippen molar-refractivity contribution in [3.63, 3.8) is 0 Å². The predicted molar refractivity (Wildman–Crippen MR) is 121 cm³/mol. The fourth-order valence-corrected chi connectivity index (χ4v) is 3.36. The molecular formula is C22H35N7O. The van der Waals surface area contributed by atoms with Gasteiger partial charge in [-0.15, -0.1) is 0 Å². The molecule has 0 aliphatic carbocycles. The lowest BCUT2D eigenvalue weighted by Crippen LogP contribution is -2.46. The third-order valence-corrected chi connectivity index (χ3v) is 5.32. The van der Waals surface area contributed by atoms with Gasteiger partial charge in [0.1, 0.15) is 5.82 Å². The number of rotatable bonds is 8. The molecule has 0 amide bonds. The Kier molecular flexibility index (Phi) is 8.07. The first kappa shape index (κ1) is 22.1. The van der Waals surface area contributed by atoms with Crippen molar-refractivity contribution in [1.82, 2.24) is 25.7 Å². The molecule has 0 bridgehead atoms. The molecule has 3 rings (SSSR count). The highest BCUT2D eigenvalue weighted by Crippen LogP contribution is 2.15. The molecule has 2 N–H and O–H groups in total. The zero-order valence-electron chi connectivity index (χ0n) is 18.7. The van der Waals surface area contributed by atoms with Crippen molar-refractivity contribution in [3.8, 4) is 0 Å². The lowest BCUT2D eigenvalue weighted by atomic mass is 10.1. The van der Waals surface area contributed by atoms with Crippen LogP contribution < -0.4 is 15.5 Å². The van der Waals surface area contributed by atoms with Crippen molar-refractivity contribution in [3.05, 3.63) is 41.4 Å². The minimum Gasteiger partial charge on any atom is -0.359 e. The zero-order valence-corrected chi connectivity index (χ0v) is 18.7. The standard InChI is InChI=1S/C22H35N7O/c1-5-23-22(26-16-19-13-20(17(3)4)27-30-19)25-15-18-7-8-21(24-14-18)29-11-9-28(6-2)10-12-29/h7-8,13-14,17H,5-6,9-12,15-16H2,1-4H3,(H2,23,25,26). The van der Waals surface area contributed by atoms with Gasteiger partial charge in [-0.1, -0.05) is 32.0 Å². The minimum absolute atomic E-state index is 0.357. The molecule has 8 nitrogen and oxygen atoms in total. The summed E-state index contributed by atoms with van der Waals surface area (Å²) in [6, 6.07) is 6.21. The van der Waals surface area contributed by atoms with E-state index in [-0.39, 0.29) is 0 Å². The molecular weight excluding hydrogens is 378 g/mol. The van der Waals surface area contributed by atoms with Crippen LogP contribution in [0, 0.1) is 0 Å². The Morgan fingerprint density at radius 1 is 1.17 bits per heavy atom. The molecule has 0 radical (unpaired) electrons. The predicted octanol–water partition coefficient (Wildman–Crippen LogP) is 2.59. The van der Waals surface area contributed by atoms with E-state index in [4.69, 9.17) is 4.52 Å². The summed E-state index contributed by atoms with van der Waals surface area (Å²) < 4.78 is 5.39. The third kappa shape index (κ3) is 6.19. The molecule has 3 heterocycles. The van der Waals surface area contributed by atoms with E-state index >= 15 is 0 Å². The van der Waals surface area contributed by atoms with Crippen LogP contribution in [-0.2, 0) is 13.1 Å². The number of guanidine groups is 1. The lowest BCUT2D eigenvalue weighted by molar-refractivity contribution is 0.270. The van der Waals surface area contributed by atoms with Crippen LogP contribution in [0.25, 0.3) is 0 Å². The number of nitrogens with one attached hydrogen (secondary N) is 2. The number of aliphatic imine (C=N–C) groups is 1. The summed E-state index contributed by atoms with van der Waals surface area (Å²) in [5, 5.41) is 10.7. The Balaban J connectivity index is 1.53. The molecule has 1 aliphatic rings. The molecule has 0 unspecified atom stereocenters. The van der Waals surface area contributed by atoms with Gasteiger partial charge in [0.15, 0.2) is 11.7 Å². The van der Waals surface area contributed by atoms with Crippen LogP contribution in [0.3, 0.4) is 0 Å². The van der Waals surface area contributed by atoms with E-state index in [1.54, 1.807) is 0 Å². The maximum Gasteiger partial charge on any atom is 0.191 e. The van der Waals surface area contributed by atoms with Gasteiger partial charge < -0.3 is 25.0 Å². The first-order valence-electron chi connectivity index (χ1n) is 11.0. The molecule has 0 aromatic carbocycles. The first-order chi connectivity index (χ1) is 14.6. The molecule has 2 aromatic rings. The Morgan fingerprint density at radius 2 is 1.97 bits per heavy atom. The lowest BCUT2D eigenvalue weighted by Gasteiger charge is -2.34.